The van der Waals surface area contributed by atoms with Gasteiger partial charge in [0.2, 0.25) is 5.91 Å². The summed E-state index contributed by atoms with van der Waals surface area (Å²) in [5, 5.41) is 8.77. The second-order valence-electron chi connectivity index (χ2n) is 6.38. The normalized spacial score (nSPS) is 18.1. The summed E-state index contributed by atoms with van der Waals surface area (Å²) in [5.41, 5.74) is 1.97. The minimum Gasteiger partial charge on any atom is -0.342 e. The Bertz CT molecular complexity index is 511. The van der Waals surface area contributed by atoms with Gasteiger partial charge in [0.1, 0.15) is 0 Å². The number of hydrogen-bond donors (Lipinski definition) is 0. The first kappa shape index (κ1) is 14.6. The molecule has 1 aliphatic rings. The number of rotatable bonds is 2. The summed E-state index contributed by atoms with van der Waals surface area (Å²) < 4.78 is 0. The summed E-state index contributed by atoms with van der Waals surface area (Å²) >= 11 is 0. The molecule has 0 N–H and O–H groups in total. The molecule has 1 amide bonds. The van der Waals surface area contributed by atoms with E-state index in [9.17, 15) is 4.79 Å². The Morgan fingerprint density at radius 3 is 2.60 bits per heavy atom. The summed E-state index contributed by atoms with van der Waals surface area (Å²) in [6.45, 7) is 6.30. The molecule has 0 saturated carbocycles. The largest absolute Gasteiger partial charge is 0.342 e. The van der Waals surface area contributed by atoms with Crippen molar-refractivity contribution in [1.82, 2.24) is 4.90 Å². The van der Waals surface area contributed by atoms with Gasteiger partial charge >= 0.3 is 0 Å². The van der Waals surface area contributed by atoms with Gasteiger partial charge in [-0.2, -0.15) is 5.26 Å². The maximum absolute atomic E-state index is 12.3. The topological polar surface area (TPSA) is 44.1 Å². The van der Waals surface area contributed by atoms with Gasteiger partial charge in [-0.25, -0.2) is 0 Å². The smallest absolute Gasteiger partial charge is 0.226 e. The molecule has 0 aliphatic carbocycles. The highest BCUT2D eigenvalue weighted by Gasteiger charge is 2.25. The summed E-state index contributed by atoms with van der Waals surface area (Å²) in [4.78, 5) is 14.3. The highest BCUT2D eigenvalue weighted by atomic mass is 16.2. The summed E-state index contributed by atoms with van der Waals surface area (Å²) in [7, 11) is 0. The molecular formula is C17H22N2O. The van der Waals surface area contributed by atoms with Crippen molar-refractivity contribution in [2.24, 2.45) is 5.41 Å². The molecule has 0 atom stereocenters. The van der Waals surface area contributed by atoms with Gasteiger partial charge in [0.25, 0.3) is 0 Å². The van der Waals surface area contributed by atoms with Crippen molar-refractivity contribution in [3.63, 3.8) is 0 Å². The molecule has 0 unspecified atom stereocenters. The first-order chi connectivity index (χ1) is 9.50. The summed E-state index contributed by atoms with van der Waals surface area (Å²) in [5.74, 6) is 0.201. The number of amides is 1. The van der Waals surface area contributed by atoms with Crippen LogP contribution in [0.1, 0.15) is 44.2 Å². The van der Waals surface area contributed by atoms with Crippen molar-refractivity contribution < 1.29 is 4.79 Å². The van der Waals surface area contributed by atoms with Crippen LogP contribution in [0.25, 0.3) is 0 Å². The lowest BCUT2D eigenvalue weighted by atomic mass is 9.85. The third-order valence-corrected chi connectivity index (χ3v) is 4.13. The van der Waals surface area contributed by atoms with Gasteiger partial charge in [-0.3, -0.25) is 4.79 Å². The number of carbonyl (C=O) groups excluding carboxylic acids is 1. The van der Waals surface area contributed by atoms with Crippen LogP contribution in [0.5, 0.6) is 0 Å². The van der Waals surface area contributed by atoms with Gasteiger partial charge in [-0.15, -0.1) is 0 Å². The monoisotopic (exact) mass is 270 g/mol. The molecule has 3 nitrogen and oxygen atoms in total. The maximum Gasteiger partial charge on any atom is 0.226 e. The number of carbonyl (C=O) groups is 1. The zero-order chi connectivity index (χ0) is 14.6. The van der Waals surface area contributed by atoms with Crippen molar-refractivity contribution in [1.29, 1.82) is 5.26 Å². The second-order valence-corrected chi connectivity index (χ2v) is 6.38. The Hall–Kier alpha value is -1.82. The van der Waals surface area contributed by atoms with Crippen molar-refractivity contribution in [3.05, 3.63) is 35.4 Å². The fraction of sp³-hybridized carbons (Fsp3) is 0.529. The molecular weight excluding hydrogens is 248 g/mol. The van der Waals surface area contributed by atoms with Crippen molar-refractivity contribution in [2.75, 3.05) is 13.1 Å². The Balaban J connectivity index is 1.95. The van der Waals surface area contributed by atoms with Crippen LogP contribution >= 0.6 is 0 Å². The fourth-order valence-corrected chi connectivity index (χ4v) is 2.66. The number of hydrogen-bond acceptors (Lipinski definition) is 2. The molecule has 1 saturated heterocycles. The van der Waals surface area contributed by atoms with Gasteiger partial charge < -0.3 is 4.90 Å². The van der Waals surface area contributed by atoms with Crippen LogP contribution < -0.4 is 0 Å². The number of benzene rings is 1. The average molecular weight is 270 g/mol. The quantitative estimate of drug-likeness (QED) is 0.828. The van der Waals surface area contributed by atoms with Crippen LogP contribution in [-0.2, 0) is 11.2 Å². The van der Waals surface area contributed by atoms with E-state index in [0.717, 1.165) is 31.5 Å². The predicted molar refractivity (Wildman–Crippen MR) is 79.1 cm³/mol. The highest BCUT2D eigenvalue weighted by molar-refractivity contribution is 5.78. The Labute approximate surface area is 121 Å². The zero-order valence-electron chi connectivity index (χ0n) is 12.4. The third-order valence-electron chi connectivity index (χ3n) is 4.13. The van der Waals surface area contributed by atoms with Crippen LogP contribution in [-0.4, -0.2) is 23.9 Å². The van der Waals surface area contributed by atoms with Crippen molar-refractivity contribution in [2.45, 2.75) is 39.5 Å². The third kappa shape index (κ3) is 3.84. The van der Waals surface area contributed by atoms with Gasteiger partial charge in [0, 0.05) is 13.1 Å². The van der Waals surface area contributed by atoms with Crippen LogP contribution in [0.4, 0.5) is 0 Å². The second kappa shape index (κ2) is 6.09. The van der Waals surface area contributed by atoms with Gasteiger partial charge in [-0.1, -0.05) is 26.0 Å². The first-order valence-corrected chi connectivity index (χ1v) is 7.27. The molecule has 106 valence electrons. The molecule has 1 aromatic rings. The molecule has 0 bridgehead atoms. The van der Waals surface area contributed by atoms with E-state index in [1.807, 2.05) is 17.0 Å². The van der Waals surface area contributed by atoms with E-state index in [0.29, 0.717) is 17.4 Å². The Morgan fingerprint density at radius 1 is 1.25 bits per heavy atom. The summed E-state index contributed by atoms with van der Waals surface area (Å²) in [6.07, 6.45) is 3.79. The zero-order valence-corrected chi connectivity index (χ0v) is 12.4. The Kier molecular flexibility index (Phi) is 4.44. The molecule has 1 fully saturated rings. The highest BCUT2D eigenvalue weighted by Crippen LogP contribution is 2.29. The molecule has 1 aromatic carbocycles. The fourth-order valence-electron chi connectivity index (χ4n) is 2.66. The molecule has 3 heteroatoms. The van der Waals surface area contributed by atoms with Crippen molar-refractivity contribution >= 4 is 5.91 Å². The first-order valence-electron chi connectivity index (χ1n) is 7.27. The minimum atomic E-state index is 0.201. The molecule has 1 aliphatic heterocycles. The number of nitriles is 1. The van der Waals surface area contributed by atoms with E-state index >= 15 is 0 Å². The maximum atomic E-state index is 12.3. The SMILES string of the molecule is CC1(C)CCCN(C(=O)Cc2ccc(C#N)cc2)CC1. The van der Waals surface area contributed by atoms with Gasteiger partial charge in [-0.05, 0) is 42.4 Å². The van der Waals surface area contributed by atoms with Crippen LogP contribution in [0.2, 0.25) is 0 Å². The lowest BCUT2D eigenvalue weighted by Crippen LogP contribution is -2.33. The summed E-state index contributed by atoms with van der Waals surface area (Å²) in [6, 6.07) is 9.38. The van der Waals surface area contributed by atoms with Crippen LogP contribution in [0.3, 0.4) is 0 Å². The lowest BCUT2D eigenvalue weighted by molar-refractivity contribution is -0.130. The van der Waals surface area contributed by atoms with E-state index in [-0.39, 0.29) is 5.91 Å². The van der Waals surface area contributed by atoms with E-state index < -0.39 is 0 Å². The molecule has 0 radical (unpaired) electrons. The van der Waals surface area contributed by atoms with E-state index in [1.165, 1.54) is 6.42 Å². The van der Waals surface area contributed by atoms with Gasteiger partial charge in [0.05, 0.1) is 18.1 Å². The van der Waals surface area contributed by atoms with E-state index in [4.69, 9.17) is 5.26 Å². The van der Waals surface area contributed by atoms with E-state index in [1.54, 1.807) is 12.1 Å². The Morgan fingerprint density at radius 2 is 1.95 bits per heavy atom. The lowest BCUT2D eigenvalue weighted by Gasteiger charge is -2.23. The van der Waals surface area contributed by atoms with Crippen LogP contribution in [0.15, 0.2) is 24.3 Å². The molecule has 2 rings (SSSR count). The van der Waals surface area contributed by atoms with Crippen LogP contribution in [0, 0.1) is 16.7 Å². The molecule has 0 spiro atoms. The van der Waals surface area contributed by atoms with Crippen molar-refractivity contribution in [3.8, 4) is 6.07 Å². The van der Waals surface area contributed by atoms with E-state index in [2.05, 4.69) is 19.9 Å². The van der Waals surface area contributed by atoms with Gasteiger partial charge in [0.15, 0.2) is 0 Å². The molecule has 1 heterocycles. The average Bonchev–Trinajstić information content (AvgIpc) is 2.60. The predicted octanol–water partition coefficient (Wildman–Crippen LogP) is 3.14. The minimum absolute atomic E-state index is 0.201. The molecule has 0 aromatic heterocycles. The standard InChI is InChI=1S/C17H22N2O/c1-17(2)8-3-10-19(11-9-17)16(20)12-14-4-6-15(13-18)7-5-14/h4-7H,3,8-12H2,1-2H3. The number of nitrogens with zero attached hydrogens (tertiary/aromatic N) is 2. The number of likely N-dealkylation sites (tertiary alicyclic amines) is 1. The molecule has 20 heavy (non-hydrogen) atoms.